The number of carbonyl (C=O) groups is 1. The molecule has 0 radical (unpaired) electrons. The lowest BCUT2D eigenvalue weighted by Gasteiger charge is -2.08. The van der Waals surface area contributed by atoms with Gasteiger partial charge >= 0.3 is 5.97 Å². The van der Waals surface area contributed by atoms with Gasteiger partial charge in [-0.3, -0.25) is 0 Å². The summed E-state index contributed by atoms with van der Waals surface area (Å²) in [6, 6.07) is 1.79. The van der Waals surface area contributed by atoms with Crippen molar-refractivity contribution in [2.75, 3.05) is 11.5 Å². The van der Waals surface area contributed by atoms with Gasteiger partial charge in [0.05, 0.1) is 16.3 Å². The van der Waals surface area contributed by atoms with E-state index in [0.717, 1.165) is 12.1 Å². The number of sulfone groups is 1. The molecule has 0 atom stereocenters. The Labute approximate surface area is 92.2 Å². The summed E-state index contributed by atoms with van der Waals surface area (Å²) < 4.78 is 23.1. The summed E-state index contributed by atoms with van der Waals surface area (Å²) >= 11 is 0. The number of anilines is 1. The van der Waals surface area contributed by atoms with Crippen LogP contribution < -0.4 is 5.73 Å². The van der Waals surface area contributed by atoms with Gasteiger partial charge in [0.15, 0.2) is 9.84 Å². The van der Waals surface area contributed by atoms with Crippen LogP contribution in [0.15, 0.2) is 17.0 Å². The Morgan fingerprint density at radius 1 is 1.44 bits per heavy atom. The van der Waals surface area contributed by atoms with E-state index in [4.69, 9.17) is 10.8 Å². The molecule has 1 rings (SSSR count). The zero-order valence-electron chi connectivity index (χ0n) is 8.47. The van der Waals surface area contributed by atoms with Crippen LogP contribution in [-0.2, 0) is 9.84 Å². The number of nitrogen functional groups attached to an aromatic ring is 1. The molecule has 1 aromatic rings. The number of benzene rings is 1. The lowest BCUT2D eigenvalue weighted by atomic mass is 10.2. The van der Waals surface area contributed by atoms with Crippen molar-refractivity contribution in [1.82, 2.24) is 0 Å². The van der Waals surface area contributed by atoms with Crippen LogP contribution in [0.1, 0.15) is 17.3 Å². The number of carboxylic acids is 1. The van der Waals surface area contributed by atoms with Crippen molar-refractivity contribution in [1.29, 1.82) is 0 Å². The lowest BCUT2D eigenvalue weighted by Crippen LogP contribution is -2.09. The molecule has 0 saturated carbocycles. The first kappa shape index (κ1) is 12.3. The molecule has 0 unspecified atom stereocenters. The first-order valence-corrected chi connectivity index (χ1v) is 6.03. The number of carboxylic acid groups (broad SMARTS) is 1. The second-order valence-electron chi connectivity index (χ2n) is 3.12. The average molecular weight is 245 g/mol. The van der Waals surface area contributed by atoms with Crippen molar-refractivity contribution in [3.63, 3.8) is 0 Å². The highest BCUT2D eigenvalue weighted by Crippen LogP contribution is 2.28. The molecule has 0 saturated heterocycles. The maximum Gasteiger partial charge on any atom is 0.339 e. The molecule has 4 N–H and O–H groups in total. The minimum Gasteiger partial charge on any atom is -0.507 e. The fourth-order valence-electron chi connectivity index (χ4n) is 1.18. The second-order valence-corrected chi connectivity index (χ2v) is 5.36. The van der Waals surface area contributed by atoms with Gasteiger partial charge in [-0.1, -0.05) is 6.92 Å². The molecule has 7 heteroatoms. The maximum absolute atomic E-state index is 11.6. The van der Waals surface area contributed by atoms with E-state index in [1.807, 2.05) is 0 Å². The van der Waals surface area contributed by atoms with Crippen LogP contribution >= 0.6 is 0 Å². The van der Waals surface area contributed by atoms with Crippen LogP contribution in [0.25, 0.3) is 0 Å². The molecule has 0 bridgehead atoms. The molecule has 1 aromatic carbocycles. The Hall–Kier alpha value is -1.76. The van der Waals surface area contributed by atoms with Crippen molar-refractivity contribution >= 4 is 21.5 Å². The highest BCUT2D eigenvalue weighted by molar-refractivity contribution is 7.91. The summed E-state index contributed by atoms with van der Waals surface area (Å²) in [4.78, 5) is 10.4. The topological polar surface area (TPSA) is 118 Å². The third-order valence-corrected chi connectivity index (χ3v) is 3.86. The molecule has 0 aliphatic carbocycles. The van der Waals surface area contributed by atoms with Gasteiger partial charge in [-0.15, -0.1) is 0 Å². The molecule has 6 nitrogen and oxygen atoms in total. The van der Waals surface area contributed by atoms with Crippen molar-refractivity contribution in [3.8, 4) is 5.75 Å². The van der Waals surface area contributed by atoms with Crippen LogP contribution in [0.3, 0.4) is 0 Å². The van der Waals surface area contributed by atoms with E-state index in [9.17, 15) is 18.3 Å². The summed E-state index contributed by atoms with van der Waals surface area (Å²) in [6.07, 6.45) is 0. The van der Waals surface area contributed by atoms with E-state index >= 15 is 0 Å². The van der Waals surface area contributed by atoms with Gasteiger partial charge in [-0.05, 0) is 6.07 Å². The molecule has 88 valence electrons. The smallest absolute Gasteiger partial charge is 0.339 e. The Balaban J connectivity index is 3.55. The molecular weight excluding hydrogens is 234 g/mol. The Morgan fingerprint density at radius 3 is 2.44 bits per heavy atom. The fraction of sp³-hybridized carbons (Fsp3) is 0.222. The normalized spacial score (nSPS) is 11.3. The Kier molecular flexibility index (Phi) is 3.09. The van der Waals surface area contributed by atoms with Gasteiger partial charge in [0.25, 0.3) is 0 Å². The van der Waals surface area contributed by atoms with Crippen LogP contribution in [0.5, 0.6) is 5.75 Å². The van der Waals surface area contributed by atoms with E-state index in [2.05, 4.69) is 0 Å². The van der Waals surface area contributed by atoms with Crippen LogP contribution in [-0.4, -0.2) is 30.4 Å². The second kappa shape index (κ2) is 4.01. The largest absolute Gasteiger partial charge is 0.507 e. The number of aromatic hydroxyl groups is 1. The van der Waals surface area contributed by atoms with Gasteiger partial charge in [0.1, 0.15) is 11.3 Å². The van der Waals surface area contributed by atoms with Crippen LogP contribution in [0.2, 0.25) is 0 Å². The minimum atomic E-state index is -3.60. The summed E-state index contributed by atoms with van der Waals surface area (Å²) in [5.74, 6) is -2.16. The maximum atomic E-state index is 11.6. The fourth-order valence-corrected chi connectivity index (χ4v) is 2.21. The van der Waals surface area contributed by atoms with Gasteiger partial charge in [-0.25, -0.2) is 13.2 Å². The third kappa shape index (κ3) is 2.08. The predicted octanol–water partition coefficient (Wildman–Crippen LogP) is 0.466. The van der Waals surface area contributed by atoms with Crippen molar-refractivity contribution in [3.05, 3.63) is 17.7 Å². The number of phenols is 1. The molecule has 0 aliphatic heterocycles. The number of rotatable bonds is 3. The first-order valence-electron chi connectivity index (χ1n) is 4.38. The van der Waals surface area contributed by atoms with Crippen molar-refractivity contribution in [2.24, 2.45) is 0 Å². The van der Waals surface area contributed by atoms with Gasteiger partial charge < -0.3 is 15.9 Å². The third-order valence-electron chi connectivity index (χ3n) is 2.07. The average Bonchev–Trinajstić information content (AvgIpc) is 2.16. The predicted molar refractivity (Wildman–Crippen MR) is 57.2 cm³/mol. The van der Waals surface area contributed by atoms with Crippen LogP contribution in [0, 0.1) is 0 Å². The molecule has 0 amide bonds. The molecule has 16 heavy (non-hydrogen) atoms. The lowest BCUT2D eigenvalue weighted by molar-refractivity contribution is 0.0693. The Bertz CT molecular complexity index is 535. The van der Waals surface area contributed by atoms with Gasteiger partial charge in [-0.2, -0.15) is 0 Å². The zero-order chi connectivity index (χ0) is 12.5. The number of hydrogen-bond acceptors (Lipinski definition) is 5. The monoisotopic (exact) mass is 245 g/mol. The summed E-state index contributed by atoms with van der Waals surface area (Å²) in [5, 5.41) is 18.0. The Morgan fingerprint density at radius 2 is 2.00 bits per heavy atom. The standard InChI is InChI=1S/C9H11NO5S/c1-2-16(14,15)8-3-5(9(12)13)7(11)4-6(8)10/h3-4,11H,2,10H2,1H3,(H,12,13). The van der Waals surface area contributed by atoms with Crippen LogP contribution in [0.4, 0.5) is 5.69 Å². The quantitative estimate of drug-likeness (QED) is 0.666. The van der Waals surface area contributed by atoms with Gasteiger partial charge in [0, 0.05) is 6.07 Å². The molecular formula is C9H11NO5S. The zero-order valence-corrected chi connectivity index (χ0v) is 9.28. The van der Waals surface area contributed by atoms with E-state index in [1.54, 1.807) is 0 Å². The molecule has 0 heterocycles. The van der Waals surface area contributed by atoms with E-state index < -0.39 is 27.1 Å². The first-order chi connectivity index (χ1) is 7.29. The van der Waals surface area contributed by atoms with Crippen molar-refractivity contribution in [2.45, 2.75) is 11.8 Å². The SMILES string of the molecule is CCS(=O)(=O)c1cc(C(=O)O)c(O)cc1N. The van der Waals surface area contributed by atoms with E-state index in [-0.39, 0.29) is 16.3 Å². The molecule has 0 fully saturated rings. The summed E-state index contributed by atoms with van der Waals surface area (Å²) in [6.45, 7) is 1.42. The highest BCUT2D eigenvalue weighted by atomic mass is 32.2. The highest BCUT2D eigenvalue weighted by Gasteiger charge is 2.20. The molecule has 0 aromatic heterocycles. The number of hydrogen-bond donors (Lipinski definition) is 3. The van der Waals surface area contributed by atoms with E-state index in [0.29, 0.717) is 0 Å². The number of nitrogens with two attached hydrogens (primary N) is 1. The molecule has 0 spiro atoms. The minimum absolute atomic E-state index is 0.163. The van der Waals surface area contributed by atoms with E-state index in [1.165, 1.54) is 6.92 Å². The molecule has 0 aliphatic rings. The van der Waals surface area contributed by atoms with Crippen molar-refractivity contribution < 1.29 is 23.4 Å². The van der Waals surface area contributed by atoms with Gasteiger partial charge in [0.2, 0.25) is 0 Å². The summed E-state index contributed by atoms with van der Waals surface area (Å²) in [7, 11) is -3.60. The number of aromatic carboxylic acids is 1. The summed E-state index contributed by atoms with van der Waals surface area (Å²) in [5.41, 5.74) is 4.77.